The summed E-state index contributed by atoms with van der Waals surface area (Å²) in [6, 6.07) is 13.4. The van der Waals surface area contributed by atoms with Crippen molar-refractivity contribution < 1.29 is 9.53 Å². The van der Waals surface area contributed by atoms with E-state index >= 15 is 0 Å². The van der Waals surface area contributed by atoms with Gasteiger partial charge < -0.3 is 15.8 Å². The quantitative estimate of drug-likeness (QED) is 0.832. The van der Waals surface area contributed by atoms with Crippen LogP contribution in [0.3, 0.4) is 0 Å². The molecule has 21 heavy (non-hydrogen) atoms. The highest BCUT2D eigenvalue weighted by Crippen LogP contribution is 2.27. The number of aryl methyl sites for hydroxylation is 1. The van der Waals surface area contributed by atoms with Gasteiger partial charge in [-0.1, -0.05) is 24.3 Å². The van der Waals surface area contributed by atoms with Gasteiger partial charge in [-0.3, -0.25) is 4.79 Å². The molecule has 1 heterocycles. The monoisotopic (exact) mass is 282 g/mol. The molecular formula is C17H18N2O2. The summed E-state index contributed by atoms with van der Waals surface area (Å²) in [4.78, 5) is 12.3. The zero-order chi connectivity index (χ0) is 14.8. The van der Waals surface area contributed by atoms with E-state index in [2.05, 4.69) is 5.32 Å². The summed E-state index contributed by atoms with van der Waals surface area (Å²) in [7, 11) is 0. The summed E-state index contributed by atoms with van der Waals surface area (Å²) in [6.07, 6.45) is 0.954. The first-order valence-corrected chi connectivity index (χ1v) is 7.05. The molecule has 0 aromatic heterocycles. The van der Waals surface area contributed by atoms with Crippen LogP contribution < -0.4 is 15.8 Å². The van der Waals surface area contributed by atoms with Crippen molar-refractivity contribution in [3.05, 3.63) is 53.6 Å². The van der Waals surface area contributed by atoms with E-state index in [-0.39, 0.29) is 5.91 Å². The Morgan fingerprint density at radius 2 is 2.00 bits per heavy atom. The number of nitrogens with one attached hydrogen (secondary N) is 1. The van der Waals surface area contributed by atoms with Crippen molar-refractivity contribution in [2.45, 2.75) is 25.9 Å². The zero-order valence-corrected chi connectivity index (χ0v) is 11.9. The molecule has 0 aliphatic carbocycles. The number of nitrogen functional groups attached to an aromatic ring is 1. The summed E-state index contributed by atoms with van der Waals surface area (Å²) in [5.74, 6) is 0.558. The molecule has 0 bridgehead atoms. The van der Waals surface area contributed by atoms with Crippen molar-refractivity contribution in [2.24, 2.45) is 0 Å². The molecule has 3 N–H and O–H groups in total. The van der Waals surface area contributed by atoms with Crippen molar-refractivity contribution in [3.63, 3.8) is 0 Å². The minimum atomic E-state index is -0.502. The Bertz CT molecular complexity index is 682. The van der Waals surface area contributed by atoms with Crippen LogP contribution in [-0.2, 0) is 11.2 Å². The maximum absolute atomic E-state index is 12.3. The van der Waals surface area contributed by atoms with E-state index < -0.39 is 6.10 Å². The molecule has 0 fully saturated rings. The maximum atomic E-state index is 12.3. The average Bonchev–Trinajstić information content (AvgIpc) is 2.63. The van der Waals surface area contributed by atoms with E-state index in [1.54, 1.807) is 0 Å². The van der Waals surface area contributed by atoms with E-state index in [1.165, 1.54) is 0 Å². The molecule has 1 amide bonds. The van der Waals surface area contributed by atoms with Crippen LogP contribution in [0.25, 0.3) is 0 Å². The van der Waals surface area contributed by atoms with Crippen LogP contribution in [0.1, 0.15) is 17.5 Å². The molecule has 0 saturated heterocycles. The standard InChI is InChI=1S/C17H18N2O2/c1-11-13(18)6-4-8-15(11)21-16-10-9-12-5-2-3-7-14(12)19-17(16)20/h2-8,16H,9-10,18H2,1H3,(H,19,20). The SMILES string of the molecule is Cc1c(N)cccc1OC1CCc2ccccc2NC1=O. The Kier molecular flexibility index (Phi) is 3.52. The molecule has 1 aliphatic heterocycles. The first-order chi connectivity index (χ1) is 10.1. The lowest BCUT2D eigenvalue weighted by molar-refractivity contribution is -0.122. The highest BCUT2D eigenvalue weighted by atomic mass is 16.5. The highest BCUT2D eigenvalue weighted by molar-refractivity contribution is 5.95. The normalized spacial score (nSPS) is 17.6. The molecule has 108 valence electrons. The smallest absolute Gasteiger partial charge is 0.265 e. The summed E-state index contributed by atoms with van der Waals surface area (Å²) in [5, 5.41) is 2.93. The number of anilines is 2. The van der Waals surface area contributed by atoms with Crippen molar-refractivity contribution in [1.82, 2.24) is 0 Å². The van der Waals surface area contributed by atoms with E-state index in [0.29, 0.717) is 17.9 Å². The van der Waals surface area contributed by atoms with Gasteiger partial charge in [0.25, 0.3) is 5.91 Å². The van der Waals surface area contributed by atoms with E-state index in [1.807, 2.05) is 49.4 Å². The Hall–Kier alpha value is -2.49. The highest BCUT2D eigenvalue weighted by Gasteiger charge is 2.25. The van der Waals surface area contributed by atoms with Gasteiger partial charge in [0.1, 0.15) is 5.75 Å². The van der Waals surface area contributed by atoms with Crippen LogP contribution in [0, 0.1) is 6.92 Å². The number of rotatable bonds is 2. The largest absolute Gasteiger partial charge is 0.480 e. The second kappa shape index (κ2) is 5.48. The molecule has 1 aliphatic rings. The molecule has 4 heteroatoms. The van der Waals surface area contributed by atoms with Gasteiger partial charge in [-0.2, -0.15) is 0 Å². The number of amides is 1. The number of para-hydroxylation sites is 1. The summed E-state index contributed by atoms with van der Waals surface area (Å²) in [5.41, 5.74) is 9.43. The molecule has 1 atom stereocenters. The third-order valence-corrected chi connectivity index (χ3v) is 3.84. The van der Waals surface area contributed by atoms with Gasteiger partial charge >= 0.3 is 0 Å². The van der Waals surface area contributed by atoms with Crippen LogP contribution in [0.2, 0.25) is 0 Å². The Morgan fingerprint density at radius 1 is 1.19 bits per heavy atom. The number of benzene rings is 2. The minimum Gasteiger partial charge on any atom is -0.480 e. The Balaban J connectivity index is 1.82. The lowest BCUT2D eigenvalue weighted by Gasteiger charge is -2.18. The number of ether oxygens (including phenoxy) is 1. The zero-order valence-electron chi connectivity index (χ0n) is 11.9. The summed E-state index contributed by atoms with van der Waals surface area (Å²) < 4.78 is 5.90. The van der Waals surface area contributed by atoms with Crippen molar-refractivity contribution >= 4 is 17.3 Å². The average molecular weight is 282 g/mol. The van der Waals surface area contributed by atoms with Crippen LogP contribution in [-0.4, -0.2) is 12.0 Å². The lowest BCUT2D eigenvalue weighted by atomic mass is 10.1. The fourth-order valence-corrected chi connectivity index (χ4v) is 2.52. The van der Waals surface area contributed by atoms with E-state index in [0.717, 1.165) is 23.2 Å². The fourth-order valence-electron chi connectivity index (χ4n) is 2.52. The number of fused-ring (bicyclic) bond motifs is 1. The molecule has 2 aromatic rings. The molecular weight excluding hydrogens is 264 g/mol. The molecule has 0 radical (unpaired) electrons. The van der Waals surface area contributed by atoms with Crippen LogP contribution in [0.4, 0.5) is 11.4 Å². The van der Waals surface area contributed by atoms with Gasteiger partial charge in [-0.05, 0) is 43.5 Å². The van der Waals surface area contributed by atoms with Gasteiger partial charge in [0.2, 0.25) is 0 Å². The van der Waals surface area contributed by atoms with Gasteiger partial charge in [0.05, 0.1) is 0 Å². The topological polar surface area (TPSA) is 64.3 Å². The number of carbonyl (C=O) groups is 1. The van der Waals surface area contributed by atoms with Crippen molar-refractivity contribution in [3.8, 4) is 5.75 Å². The Labute approximate surface area is 123 Å². The number of nitrogens with two attached hydrogens (primary N) is 1. The van der Waals surface area contributed by atoms with Crippen LogP contribution >= 0.6 is 0 Å². The number of hydrogen-bond acceptors (Lipinski definition) is 3. The summed E-state index contributed by atoms with van der Waals surface area (Å²) >= 11 is 0. The third-order valence-electron chi connectivity index (χ3n) is 3.84. The number of hydrogen-bond donors (Lipinski definition) is 2. The predicted octanol–water partition coefficient (Wildman–Crippen LogP) is 2.91. The Morgan fingerprint density at radius 3 is 2.86 bits per heavy atom. The summed E-state index contributed by atoms with van der Waals surface area (Å²) in [6.45, 7) is 1.90. The molecule has 3 rings (SSSR count). The van der Waals surface area contributed by atoms with Crippen LogP contribution in [0.15, 0.2) is 42.5 Å². The predicted molar refractivity (Wildman–Crippen MR) is 83.4 cm³/mol. The van der Waals surface area contributed by atoms with Crippen molar-refractivity contribution in [1.29, 1.82) is 0 Å². The first-order valence-electron chi connectivity index (χ1n) is 7.05. The van der Waals surface area contributed by atoms with Gasteiger partial charge in [-0.15, -0.1) is 0 Å². The molecule has 2 aromatic carbocycles. The molecule has 1 unspecified atom stereocenters. The molecule has 4 nitrogen and oxygen atoms in total. The first kappa shape index (κ1) is 13.5. The second-order valence-corrected chi connectivity index (χ2v) is 5.26. The minimum absolute atomic E-state index is 0.109. The maximum Gasteiger partial charge on any atom is 0.265 e. The molecule has 0 spiro atoms. The van der Waals surface area contributed by atoms with Gasteiger partial charge in [-0.25, -0.2) is 0 Å². The van der Waals surface area contributed by atoms with Gasteiger partial charge in [0, 0.05) is 16.9 Å². The van der Waals surface area contributed by atoms with Gasteiger partial charge in [0.15, 0.2) is 6.10 Å². The fraction of sp³-hybridized carbons (Fsp3) is 0.235. The van der Waals surface area contributed by atoms with E-state index in [4.69, 9.17) is 10.5 Å². The second-order valence-electron chi connectivity index (χ2n) is 5.26. The molecule has 0 saturated carbocycles. The van der Waals surface area contributed by atoms with Crippen molar-refractivity contribution in [2.75, 3.05) is 11.1 Å². The van der Waals surface area contributed by atoms with E-state index in [9.17, 15) is 4.79 Å². The third kappa shape index (κ3) is 2.70. The number of carbonyl (C=O) groups excluding carboxylic acids is 1. The van der Waals surface area contributed by atoms with Crippen LogP contribution in [0.5, 0.6) is 5.75 Å². The lowest BCUT2D eigenvalue weighted by Crippen LogP contribution is -2.32.